The van der Waals surface area contributed by atoms with Crippen LogP contribution >= 0.6 is 11.3 Å². The Morgan fingerprint density at radius 2 is 1.86 bits per heavy atom. The highest BCUT2D eigenvalue weighted by molar-refractivity contribution is 7.10. The Bertz CT molecular complexity index is 547. The molecule has 112 valence electrons. The quantitative estimate of drug-likeness (QED) is 0.781. The molecular weight excluding hydrogens is 274 g/mol. The summed E-state index contributed by atoms with van der Waals surface area (Å²) in [5.74, 6) is 0.814. The summed E-state index contributed by atoms with van der Waals surface area (Å²) in [4.78, 5) is 1.51. The Labute approximate surface area is 132 Å². The molecule has 2 heteroatoms. The van der Waals surface area contributed by atoms with E-state index in [1.165, 1.54) is 47.3 Å². The third-order valence-corrected chi connectivity index (χ3v) is 5.48. The molecule has 0 amide bonds. The monoisotopic (exact) mass is 299 g/mol. The van der Waals surface area contributed by atoms with Crippen molar-refractivity contribution in [2.45, 2.75) is 52.1 Å². The number of thiophene rings is 1. The molecule has 1 aliphatic carbocycles. The van der Waals surface area contributed by atoms with Gasteiger partial charge in [0.2, 0.25) is 0 Å². The summed E-state index contributed by atoms with van der Waals surface area (Å²) in [6.45, 7) is 5.34. The van der Waals surface area contributed by atoms with E-state index in [1.54, 1.807) is 0 Å². The molecule has 1 saturated carbocycles. The number of aryl methyl sites for hydroxylation is 2. The fourth-order valence-electron chi connectivity index (χ4n) is 3.66. The average Bonchev–Trinajstić information content (AvgIpc) is 3.10. The average molecular weight is 299 g/mol. The predicted molar refractivity (Wildman–Crippen MR) is 91.8 cm³/mol. The van der Waals surface area contributed by atoms with Gasteiger partial charge in [-0.05, 0) is 49.6 Å². The van der Waals surface area contributed by atoms with E-state index < -0.39 is 0 Å². The fraction of sp³-hybridized carbons (Fsp3) is 0.474. The minimum Gasteiger partial charge on any atom is -0.305 e. The standard InChI is InChI=1S/C19H25NS/c1-14-10-15(2)12-16(11-14)13-20-19(17-6-3-4-7-17)18-8-5-9-21-18/h5,8-12,17,19-20H,3-4,6-7,13H2,1-2H3. The molecule has 2 aromatic rings. The van der Waals surface area contributed by atoms with Crippen LogP contribution in [-0.4, -0.2) is 0 Å². The molecule has 0 bridgehead atoms. The lowest BCUT2D eigenvalue weighted by molar-refractivity contribution is 0.371. The number of benzene rings is 1. The van der Waals surface area contributed by atoms with Gasteiger partial charge in [-0.1, -0.05) is 48.2 Å². The van der Waals surface area contributed by atoms with Crippen LogP contribution in [0.5, 0.6) is 0 Å². The zero-order chi connectivity index (χ0) is 14.7. The van der Waals surface area contributed by atoms with Gasteiger partial charge in [0.25, 0.3) is 0 Å². The van der Waals surface area contributed by atoms with E-state index in [0.29, 0.717) is 6.04 Å². The first kappa shape index (κ1) is 14.8. The molecule has 1 N–H and O–H groups in total. The van der Waals surface area contributed by atoms with Crippen molar-refractivity contribution in [3.8, 4) is 0 Å². The molecular formula is C19H25NS. The summed E-state index contributed by atoms with van der Waals surface area (Å²) in [7, 11) is 0. The molecule has 0 radical (unpaired) electrons. The Morgan fingerprint density at radius 1 is 1.14 bits per heavy atom. The van der Waals surface area contributed by atoms with Crippen molar-refractivity contribution in [3.63, 3.8) is 0 Å². The normalized spacial score (nSPS) is 17.2. The second kappa shape index (κ2) is 6.76. The lowest BCUT2D eigenvalue weighted by Gasteiger charge is -2.24. The maximum atomic E-state index is 3.85. The predicted octanol–water partition coefficient (Wildman–Crippen LogP) is 5.39. The molecule has 1 aliphatic rings. The Balaban J connectivity index is 1.72. The van der Waals surface area contributed by atoms with Gasteiger partial charge in [0.15, 0.2) is 0 Å². The van der Waals surface area contributed by atoms with Gasteiger partial charge >= 0.3 is 0 Å². The SMILES string of the molecule is Cc1cc(C)cc(CNC(c2cccs2)C2CCCC2)c1. The summed E-state index contributed by atoms with van der Waals surface area (Å²) in [6, 6.07) is 11.9. The molecule has 0 spiro atoms. The molecule has 1 unspecified atom stereocenters. The van der Waals surface area contributed by atoms with Crippen LogP contribution in [0.3, 0.4) is 0 Å². The number of nitrogens with one attached hydrogen (secondary N) is 1. The molecule has 0 saturated heterocycles. The highest BCUT2D eigenvalue weighted by atomic mass is 32.1. The van der Waals surface area contributed by atoms with Crippen LogP contribution in [-0.2, 0) is 6.54 Å². The van der Waals surface area contributed by atoms with Crippen molar-refractivity contribution in [1.29, 1.82) is 0 Å². The summed E-state index contributed by atoms with van der Waals surface area (Å²) < 4.78 is 0. The molecule has 1 fully saturated rings. The zero-order valence-corrected chi connectivity index (χ0v) is 13.9. The third kappa shape index (κ3) is 3.75. The Kier molecular flexibility index (Phi) is 4.77. The van der Waals surface area contributed by atoms with E-state index in [4.69, 9.17) is 0 Å². The number of rotatable bonds is 5. The molecule has 1 heterocycles. The van der Waals surface area contributed by atoms with Crippen LogP contribution in [0.2, 0.25) is 0 Å². The molecule has 0 aliphatic heterocycles. The molecule has 21 heavy (non-hydrogen) atoms. The lowest BCUT2D eigenvalue weighted by Crippen LogP contribution is -2.26. The minimum absolute atomic E-state index is 0.535. The van der Waals surface area contributed by atoms with Crippen LogP contribution < -0.4 is 5.32 Å². The number of hydrogen-bond donors (Lipinski definition) is 1. The first-order valence-corrected chi connectivity index (χ1v) is 8.94. The summed E-state index contributed by atoms with van der Waals surface area (Å²) in [6.07, 6.45) is 5.56. The molecule has 1 aromatic heterocycles. The van der Waals surface area contributed by atoms with Gasteiger partial charge in [0.1, 0.15) is 0 Å². The van der Waals surface area contributed by atoms with Crippen molar-refractivity contribution in [2.75, 3.05) is 0 Å². The molecule has 1 aromatic carbocycles. The van der Waals surface area contributed by atoms with Crippen molar-refractivity contribution in [1.82, 2.24) is 5.32 Å². The van der Waals surface area contributed by atoms with E-state index in [2.05, 4.69) is 54.9 Å². The Morgan fingerprint density at radius 3 is 2.48 bits per heavy atom. The van der Waals surface area contributed by atoms with Gasteiger partial charge in [-0.3, -0.25) is 0 Å². The van der Waals surface area contributed by atoms with Gasteiger partial charge in [-0.2, -0.15) is 0 Å². The van der Waals surface area contributed by atoms with Gasteiger partial charge < -0.3 is 5.32 Å². The van der Waals surface area contributed by atoms with Gasteiger partial charge in [0.05, 0.1) is 0 Å². The van der Waals surface area contributed by atoms with Crippen LogP contribution in [0.25, 0.3) is 0 Å². The van der Waals surface area contributed by atoms with Crippen molar-refractivity contribution in [2.24, 2.45) is 5.92 Å². The van der Waals surface area contributed by atoms with Gasteiger partial charge in [-0.15, -0.1) is 11.3 Å². The molecule has 1 nitrogen and oxygen atoms in total. The largest absolute Gasteiger partial charge is 0.305 e. The first-order chi connectivity index (χ1) is 10.2. The molecule has 1 atom stereocenters. The number of hydrogen-bond acceptors (Lipinski definition) is 2. The second-order valence-electron chi connectivity index (χ2n) is 6.41. The summed E-state index contributed by atoms with van der Waals surface area (Å²) in [5, 5.41) is 6.05. The smallest absolute Gasteiger partial charge is 0.0446 e. The van der Waals surface area contributed by atoms with Crippen molar-refractivity contribution >= 4 is 11.3 Å². The lowest BCUT2D eigenvalue weighted by atomic mass is 9.96. The highest BCUT2D eigenvalue weighted by Crippen LogP contribution is 2.37. The van der Waals surface area contributed by atoms with E-state index in [1.807, 2.05) is 11.3 Å². The van der Waals surface area contributed by atoms with Crippen LogP contribution in [0, 0.1) is 19.8 Å². The van der Waals surface area contributed by atoms with Crippen molar-refractivity contribution in [3.05, 3.63) is 57.3 Å². The Hall–Kier alpha value is -1.12. The maximum Gasteiger partial charge on any atom is 0.0446 e. The maximum absolute atomic E-state index is 3.85. The van der Waals surface area contributed by atoms with Crippen molar-refractivity contribution < 1.29 is 0 Å². The van der Waals surface area contributed by atoms with E-state index in [0.717, 1.165) is 12.5 Å². The van der Waals surface area contributed by atoms with E-state index in [9.17, 15) is 0 Å². The summed E-state index contributed by atoms with van der Waals surface area (Å²) >= 11 is 1.90. The van der Waals surface area contributed by atoms with Crippen LogP contribution in [0.1, 0.15) is 53.3 Å². The fourth-order valence-corrected chi connectivity index (χ4v) is 4.55. The zero-order valence-electron chi connectivity index (χ0n) is 13.1. The molecule has 3 rings (SSSR count). The topological polar surface area (TPSA) is 12.0 Å². The first-order valence-electron chi connectivity index (χ1n) is 8.06. The van der Waals surface area contributed by atoms with E-state index in [-0.39, 0.29) is 0 Å². The highest BCUT2D eigenvalue weighted by Gasteiger charge is 2.26. The van der Waals surface area contributed by atoms with E-state index >= 15 is 0 Å². The summed E-state index contributed by atoms with van der Waals surface area (Å²) in [5.41, 5.74) is 4.13. The third-order valence-electron chi connectivity index (χ3n) is 4.53. The van der Waals surface area contributed by atoms with Gasteiger partial charge in [-0.25, -0.2) is 0 Å². The van der Waals surface area contributed by atoms with Crippen LogP contribution in [0.4, 0.5) is 0 Å². The van der Waals surface area contributed by atoms with Crippen LogP contribution in [0.15, 0.2) is 35.7 Å². The second-order valence-corrected chi connectivity index (χ2v) is 7.39. The minimum atomic E-state index is 0.535. The van der Waals surface area contributed by atoms with Gasteiger partial charge in [0, 0.05) is 17.5 Å².